The monoisotopic (exact) mass is 607 g/mol. The highest BCUT2D eigenvalue weighted by Crippen LogP contribution is 2.23. The minimum absolute atomic E-state index is 0.123. The van der Waals surface area contributed by atoms with Crippen molar-refractivity contribution in [2.45, 2.75) is 76.9 Å². The average Bonchev–Trinajstić information content (AvgIpc) is 3.44. The van der Waals surface area contributed by atoms with Gasteiger partial charge in [-0.15, -0.1) is 0 Å². The van der Waals surface area contributed by atoms with Crippen LogP contribution in [0.2, 0.25) is 0 Å². The molecule has 0 saturated heterocycles. The van der Waals surface area contributed by atoms with Crippen LogP contribution in [0.25, 0.3) is 0 Å². The van der Waals surface area contributed by atoms with Crippen LogP contribution >= 0.6 is 0 Å². The van der Waals surface area contributed by atoms with Gasteiger partial charge in [0, 0.05) is 19.4 Å². The van der Waals surface area contributed by atoms with E-state index in [1.807, 2.05) is 44.2 Å². The van der Waals surface area contributed by atoms with E-state index in [2.05, 4.69) is 26.1 Å². The number of hydrogen-bond donors (Lipinski definition) is 8. The van der Waals surface area contributed by atoms with E-state index in [0.717, 1.165) is 28.7 Å². The van der Waals surface area contributed by atoms with Gasteiger partial charge in [-0.1, -0.05) is 35.5 Å². The van der Waals surface area contributed by atoms with Crippen LogP contribution in [0.5, 0.6) is 5.75 Å². The van der Waals surface area contributed by atoms with Crippen molar-refractivity contribution >= 4 is 17.8 Å². The van der Waals surface area contributed by atoms with Crippen molar-refractivity contribution in [3.8, 4) is 5.75 Å². The Morgan fingerprint density at radius 2 is 1.73 bits per heavy atom. The van der Waals surface area contributed by atoms with E-state index in [9.17, 15) is 14.7 Å². The maximum atomic E-state index is 13.9. The standard InChI is InChI=1S/C31H45N9O4/c1-19-15-22(41)16-20(2)23(19)18-26(38-28(42)24(33)11-8-14-36-31(34)35)29(43)37-25(12-6-7-13-32)30-39-27(40-44-30)17-21-9-4-3-5-10-21/h3-5,9-10,15-16,24-26,41H,6-8,11-14,17-18,32-33H2,1-2H3,(H,37,43)(H,38,42)(H4,34,35,36)/t24-,25+,26-/m1/s1. The van der Waals surface area contributed by atoms with Gasteiger partial charge in [0.2, 0.25) is 17.7 Å². The number of aromatic hydroxyl groups is 1. The van der Waals surface area contributed by atoms with Gasteiger partial charge in [0.25, 0.3) is 0 Å². The summed E-state index contributed by atoms with van der Waals surface area (Å²) in [5, 5.41) is 30.0. The number of nitrogens with two attached hydrogens (primary N) is 3. The predicted molar refractivity (Wildman–Crippen MR) is 168 cm³/mol. The summed E-state index contributed by atoms with van der Waals surface area (Å²) >= 11 is 0. The van der Waals surface area contributed by atoms with Gasteiger partial charge in [-0.05, 0) is 86.9 Å². The zero-order valence-electron chi connectivity index (χ0n) is 25.4. The molecule has 44 heavy (non-hydrogen) atoms. The number of hydrogen-bond acceptors (Lipinski definition) is 9. The van der Waals surface area contributed by atoms with Gasteiger partial charge in [0.05, 0.1) is 6.04 Å². The number of aryl methyl sites for hydroxylation is 2. The number of aromatic nitrogens is 2. The van der Waals surface area contributed by atoms with Crippen molar-refractivity contribution in [1.29, 1.82) is 5.41 Å². The van der Waals surface area contributed by atoms with Crippen molar-refractivity contribution in [3.05, 3.63) is 76.4 Å². The molecule has 2 amide bonds. The first-order valence-electron chi connectivity index (χ1n) is 14.9. The Hall–Kier alpha value is -4.49. The van der Waals surface area contributed by atoms with E-state index >= 15 is 0 Å². The maximum absolute atomic E-state index is 13.9. The van der Waals surface area contributed by atoms with Crippen LogP contribution in [0.4, 0.5) is 0 Å². The summed E-state index contributed by atoms with van der Waals surface area (Å²) in [6.07, 6.45) is 3.45. The number of benzene rings is 2. The summed E-state index contributed by atoms with van der Waals surface area (Å²) in [5.74, 6) is -0.180. The topological polar surface area (TPSA) is 231 Å². The molecule has 0 radical (unpaired) electrons. The molecule has 0 aliphatic rings. The molecule has 1 aromatic heterocycles. The third kappa shape index (κ3) is 10.7. The van der Waals surface area contributed by atoms with Crippen LogP contribution in [0.3, 0.4) is 0 Å². The Morgan fingerprint density at radius 3 is 2.39 bits per heavy atom. The highest BCUT2D eigenvalue weighted by atomic mass is 16.5. The lowest BCUT2D eigenvalue weighted by Crippen LogP contribution is -2.53. The van der Waals surface area contributed by atoms with Gasteiger partial charge >= 0.3 is 0 Å². The summed E-state index contributed by atoms with van der Waals surface area (Å²) in [6, 6.07) is 10.5. The van der Waals surface area contributed by atoms with Crippen molar-refractivity contribution in [2.24, 2.45) is 17.2 Å². The maximum Gasteiger partial charge on any atom is 0.249 e. The van der Waals surface area contributed by atoms with Gasteiger partial charge in [0.1, 0.15) is 17.8 Å². The Bertz CT molecular complexity index is 1360. The number of carbonyl (C=O) groups is 2. The van der Waals surface area contributed by atoms with Crippen LogP contribution < -0.4 is 33.2 Å². The Kier molecular flexibility index (Phi) is 13.1. The number of guanidine groups is 1. The normalized spacial score (nSPS) is 13.1. The Labute approximate surface area is 257 Å². The lowest BCUT2D eigenvalue weighted by Gasteiger charge is -2.24. The van der Waals surface area contributed by atoms with Gasteiger partial charge < -0.3 is 42.8 Å². The fraction of sp³-hybridized carbons (Fsp3) is 0.452. The summed E-state index contributed by atoms with van der Waals surface area (Å²) in [5.41, 5.74) is 20.6. The fourth-order valence-corrected chi connectivity index (χ4v) is 4.94. The van der Waals surface area contributed by atoms with Crippen LogP contribution in [0, 0.1) is 19.3 Å². The number of amides is 2. The molecular formula is C31H45N9O4. The number of carbonyl (C=O) groups excluding carboxylic acids is 2. The molecule has 13 nitrogen and oxygen atoms in total. The molecule has 3 aromatic rings. The quantitative estimate of drug-likeness (QED) is 0.0627. The second kappa shape index (κ2) is 17.0. The summed E-state index contributed by atoms with van der Waals surface area (Å²) in [4.78, 5) is 31.6. The zero-order chi connectivity index (χ0) is 32.1. The van der Waals surface area contributed by atoms with Gasteiger partial charge in [-0.2, -0.15) is 4.98 Å². The highest BCUT2D eigenvalue weighted by molar-refractivity contribution is 5.90. The first kappa shape index (κ1) is 34.0. The number of phenols is 1. The third-order valence-electron chi connectivity index (χ3n) is 7.32. The Balaban J connectivity index is 1.81. The number of nitrogens with zero attached hydrogens (tertiary/aromatic N) is 2. The third-order valence-corrected chi connectivity index (χ3v) is 7.32. The molecule has 0 saturated carbocycles. The minimum Gasteiger partial charge on any atom is -0.508 e. The molecule has 0 bridgehead atoms. The largest absolute Gasteiger partial charge is 0.508 e. The summed E-state index contributed by atoms with van der Waals surface area (Å²) < 4.78 is 5.60. The van der Waals surface area contributed by atoms with Crippen molar-refractivity contribution in [2.75, 3.05) is 13.1 Å². The van der Waals surface area contributed by atoms with Crippen molar-refractivity contribution in [3.63, 3.8) is 0 Å². The molecule has 0 fully saturated rings. The zero-order valence-corrected chi connectivity index (χ0v) is 25.4. The van der Waals surface area contributed by atoms with E-state index in [1.54, 1.807) is 12.1 Å². The second-order valence-electron chi connectivity index (χ2n) is 11.0. The van der Waals surface area contributed by atoms with Gasteiger partial charge in [0.15, 0.2) is 11.8 Å². The molecule has 3 rings (SSSR count). The van der Waals surface area contributed by atoms with E-state index in [4.69, 9.17) is 27.1 Å². The lowest BCUT2D eigenvalue weighted by molar-refractivity contribution is -0.130. The second-order valence-corrected chi connectivity index (χ2v) is 11.0. The molecule has 1 heterocycles. The fourth-order valence-electron chi connectivity index (χ4n) is 4.94. The first-order chi connectivity index (χ1) is 21.1. The molecular weight excluding hydrogens is 562 g/mol. The molecule has 0 aliphatic carbocycles. The van der Waals surface area contributed by atoms with E-state index in [-0.39, 0.29) is 24.0 Å². The minimum atomic E-state index is -0.977. The average molecular weight is 608 g/mol. The number of nitrogens with one attached hydrogen (secondary N) is 4. The molecule has 13 heteroatoms. The first-order valence-corrected chi connectivity index (χ1v) is 14.9. The van der Waals surface area contributed by atoms with E-state index in [0.29, 0.717) is 51.0 Å². The van der Waals surface area contributed by atoms with Crippen LogP contribution in [-0.2, 0) is 22.4 Å². The predicted octanol–water partition coefficient (Wildman–Crippen LogP) is 1.59. The van der Waals surface area contributed by atoms with Crippen LogP contribution in [-0.4, -0.2) is 58.2 Å². The number of phenolic OH excluding ortho intramolecular Hbond substituents is 1. The lowest BCUT2D eigenvalue weighted by atomic mass is 9.95. The van der Waals surface area contributed by atoms with Gasteiger partial charge in [-0.3, -0.25) is 15.0 Å². The molecule has 238 valence electrons. The smallest absolute Gasteiger partial charge is 0.249 e. The van der Waals surface area contributed by atoms with Crippen molar-refractivity contribution in [1.82, 2.24) is 26.1 Å². The molecule has 3 atom stereocenters. The number of unbranched alkanes of at least 4 members (excludes halogenated alkanes) is 1. The molecule has 0 unspecified atom stereocenters. The van der Waals surface area contributed by atoms with Crippen LogP contribution in [0.15, 0.2) is 47.0 Å². The summed E-state index contributed by atoms with van der Waals surface area (Å²) in [7, 11) is 0. The van der Waals surface area contributed by atoms with Crippen molar-refractivity contribution < 1.29 is 19.2 Å². The van der Waals surface area contributed by atoms with E-state index in [1.165, 1.54) is 0 Å². The van der Waals surface area contributed by atoms with E-state index < -0.39 is 29.9 Å². The SMILES string of the molecule is Cc1cc(O)cc(C)c1C[C@@H](NC(=O)[C@H](N)CCCNC(=N)N)C(=O)N[C@@H](CCCCN)c1nc(Cc2ccccc2)no1. The highest BCUT2D eigenvalue weighted by Gasteiger charge is 2.29. The molecule has 0 spiro atoms. The Morgan fingerprint density at radius 1 is 1.02 bits per heavy atom. The number of rotatable bonds is 17. The molecule has 11 N–H and O–H groups in total. The van der Waals surface area contributed by atoms with Gasteiger partial charge in [-0.25, -0.2) is 0 Å². The molecule has 2 aromatic carbocycles. The van der Waals surface area contributed by atoms with Crippen LogP contribution in [0.1, 0.15) is 72.1 Å². The summed E-state index contributed by atoms with van der Waals surface area (Å²) in [6.45, 7) is 4.58. The molecule has 0 aliphatic heterocycles.